The van der Waals surface area contributed by atoms with E-state index < -0.39 is 23.6 Å². The van der Waals surface area contributed by atoms with Gasteiger partial charge in [0.1, 0.15) is 13.2 Å². The quantitative estimate of drug-likeness (QED) is 0.311. The summed E-state index contributed by atoms with van der Waals surface area (Å²) >= 11 is 6.86. The van der Waals surface area contributed by atoms with Crippen molar-refractivity contribution < 1.29 is 23.9 Å². The number of hydrogen-bond acceptors (Lipinski definition) is 7. The number of imide groups is 1. The van der Waals surface area contributed by atoms with Crippen molar-refractivity contribution >= 4 is 52.2 Å². The van der Waals surface area contributed by atoms with E-state index in [0.717, 1.165) is 27.8 Å². The first-order valence-electron chi connectivity index (χ1n) is 12.0. The number of benzene rings is 3. The number of nitrogens with one attached hydrogen (secondary N) is 1. The van der Waals surface area contributed by atoms with Gasteiger partial charge in [-0.15, -0.1) is 0 Å². The number of nitrogens with zero attached hydrogens (tertiary/aromatic N) is 2. The highest BCUT2D eigenvalue weighted by Crippen LogP contribution is 2.35. The summed E-state index contributed by atoms with van der Waals surface area (Å²) < 4.78 is 11.7. The van der Waals surface area contributed by atoms with Crippen molar-refractivity contribution in [1.82, 2.24) is 4.90 Å². The van der Waals surface area contributed by atoms with Crippen molar-refractivity contribution in [3.05, 3.63) is 92.8 Å². The normalized spacial score (nSPS) is 13.9. The highest BCUT2D eigenvalue weighted by atomic mass is 35.5. The van der Waals surface area contributed by atoms with Gasteiger partial charge in [0.05, 0.1) is 23.1 Å². The molecule has 39 heavy (non-hydrogen) atoms. The standard InChI is InChI=1S/C29H24ClN3O5S/c1-3-37-25-12-19(9-11-24(25)38-17-21-7-5-4-6-20(21)15-31)13-26-28(35)33(29(36)39-26)16-27(34)32-22-10-8-18(2)23(30)14-22/h4-14H,3,16-17H2,1-2H3,(H,32,34)/b26-13+. The summed E-state index contributed by atoms with van der Waals surface area (Å²) in [4.78, 5) is 39.0. The third kappa shape index (κ3) is 6.79. The predicted octanol–water partition coefficient (Wildman–Crippen LogP) is 6.17. The fourth-order valence-electron chi connectivity index (χ4n) is 3.72. The second-order valence-corrected chi connectivity index (χ2v) is 9.88. The summed E-state index contributed by atoms with van der Waals surface area (Å²) in [6.45, 7) is 3.82. The average Bonchev–Trinajstić information content (AvgIpc) is 3.17. The van der Waals surface area contributed by atoms with Crippen LogP contribution in [0.4, 0.5) is 10.5 Å². The number of aryl methyl sites for hydroxylation is 1. The van der Waals surface area contributed by atoms with Crippen LogP contribution in [0.1, 0.15) is 29.2 Å². The SMILES string of the molecule is CCOc1cc(/C=C2/SC(=O)N(CC(=O)Nc3ccc(C)c(Cl)c3)C2=O)ccc1OCc1ccccc1C#N. The number of carbonyl (C=O) groups excluding carboxylic acids is 3. The molecule has 0 radical (unpaired) electrons. The third-order valence-electron chi connectivity index (χ3n) is 5.72. The van der Waals surface area contributed by atoms with Crippen molar-refractivity contribution in [2.24, 2.45) is 0 Å². The molecule has 0 spiro atoms. The lowest BCUT2D eigenvalue weighted by atomic mass is 10.1. The second kappa shape index (κ2) is 12.5. The Labute approximate surface area is 235 Å². The summed E-state index contributed by atoms with van der Waals surface area (Å²) in [6.07, 6.45) is 1.57. The molecule has 10 heteroatoms. The van der Waals surface area contributed by atoms with Crippen molar-refractivity contribution in [3.63, 3.8) is 0 Å². The molecule has 3 aromatic carbocycles. The number of amides is 3. The maximum atomic E-state index is 12.9. The molecule has 8 nitrogen and oxygen atoms in total. The van der Waals surface area contributed by atoms with Crippen LogP contribution in [-0.4, -0.2) is 35.1 Å². The Morgan fingerprint density at radius 1 is 1.10 bits per heavy atom. The Hall–Kier alpha value is -4.26. The number of thioether (sulfide) groups is 1. The molecule has 1 fully saturated rings. The summed E-state index contributed by atoms with van der Waals surface area (Å²) in [5, 5.41) is 11.9. The van der Waals surface area contributed by atoms with Gasteiger partial charge in [-0.1, -0.05) is 41.9 Å². The monoisotopic (exact) mass is 561 g/mol. The number of hydrogen-bond donors (Lipinski definition) is 1. The molecule has 0 aromatic heterocycles. The summed E-state index contributed by atoms with van der Waals surface area (Å²) in [5.74, 6) is -0.149. The van der Waals surface area contributed by atoms with E-state index in [-0.39, 0.29) is 11.5 Å². The minimum atomic E-state index is -0.562. The Morgan fingerprint density at radius 2 is 1.90 bits per heavy atom. The number of anilines is 1. The first-order valence-corrected chi connectivity index (χ1v) is 13.2. The van der Waals surface area contributed by atoms with Crippen molar-refractivity contribution in [3.8, 4) is 17.6 Å². The maximum absolute atomic E-state index is 12.9. The number of rotatable bonds is 9. The zero-order valence-corrected chi connectivity index (χ0v) is 22.8. The van der Waals surface area contributed by atoms with Crippen LogP contribution in [0.5, 0.6) is 11.5 Å². The van der Waals surface area contributed by atoms with E-state index in [1.807, 2.05) is 26.0 Å². The molecule has 0 bridgehead atoms. The zero-order valence-electron chi connectivity index (χ0n) is 21.2. The molecule has 3 aromatic rings. The van der Waals surface area contributed by atoms with Crippen LogP contribution < -0.4 is 14.8 Å². The molecule has 0 aliphatic carbocycles. The van der Waals surface area contributed by atoms with Gasteiger partial charge in [-0.3, -0.25) is 19.3 Å². The minimum Gasteiger partial charge on any atom is -0.490 e. The summed E-state index contributed by atoms with van der Waals surface area (Å²) in [5.41, 5.74) is 3.23. The Kier molecular flexibility index (Phi) is 8.92. The van der Waals surface area contributed by atoms with E-state index in [1.165, 1.54) is 0 Å². The van der Waals surface area contributed by atoms with Crippen LogP contribution in [0, 0.1) is 18.3 Å². The fraction of sp³-hybridized carbons (Fsp3) is 0.172. The van der Waals surface area contributed by atoms with Crippen LogP contribution in [0.25, 0.3) is 6.08 Å². The lowest BCUT2D eigenvalue weighted by molar-refractivity contribution is -0.127. The van der Waals surface area contributed by atoms with Crippen molar-refractivity contribution in [2.45, 2.75) is 20.5 Å². The molecule has 1 aliphatic rings. The van der Waals surface area contributed by atoms with E-state index in [0.29, 0.717) is 39.9 Å². The molecule has 1 heterocycles. The molecule has 4 rings (SSSR count). The molecule has 3 amide bonds. The third-order valence-corrected chi connectivity index (χ3v) is 7.03. The average molecular weight is 562 g/mol. The van der Waals surface area contributed by atoms with Gasteiger partial charge >= 0.3 is 0 Å². The molecule has 0 unspecified atom stereocenters. The topological polar surface area (TPSA) is 109 Å². The number of nitriles is 1. The highest BCUT2D eigenvalue weighted by molar-refractivity contribution is 8.18. The zero-order chi connectivity index (χ0) is 27.9. The number of halogens is 1. The summed E-state index contributed by atoms with van der Waals surface area (Å²) in [7, 11) is 0. The van der Waals surface area contributed by atoms with E-state index >= 15 is 0 Å². The maximum Gasteiger partial charge on any atom is 0.294 e. The van der Waals surface area contributed by atoms with Gasteiger partial charge in [0, 0.05) is 16.3 Å². The van der Waals surface area contributed by atoms with Gasteiger partial charge in [-0.25, -0.2) is 0 Å². The number of ether oxygens (including phenoxy) is 2. The van der Waals surface area contributed by atoms with Crippen LogP contribution in [0.3, 0.4) is 0 Å². The molecular formula is C29H24ClN3O5S. The van der Waals surface area contributed by atoms with Crippen molar-refractivity contribution in [2.75, 3.05) is 18.5 Å². The van der Waals surface area contributed by atoms with Gasteiger partial charge in [-0.2, -0.15) is 5.26 Å². The molecular weight excluding hydrogens is 538 g/mol. The lowest BCUT2D eigenvalue weighted by Gasteiger charge is -2.14. The first kappa shape index (κ1) is 27.8. The van der Waals surface area contributed by atoms with E-state index in [1.54, 1.807) is 54.6 Å². The molecule has 1 saturated heterocycles. The lowest BCUT2D eigenvalue weighted by Crippen LogP contribution is -2.36. The predicted molar refractivity (Wildman–Crippen MR) is 151 cm³/mol. The number of carbonyl (C=O) groups is 3. The van der Waals surface area contributed by atoms with Gasteiger partial charge < -0.3 is 14.8 Å². The van der Waals surface area contributed by atoms with E-state index in [4.69, 9.17) is 21.1 Å². The molecule has 0 atom stereocenters. The van der Waals surface area contributed by atoms with Crippen LogP contribution in [0.2, 0.25) is 5.02 Å². The fourth-order valence-corrected chi connectivity index (χ4v) is 4.73. The van der Waals surface area contributed by atoms with Gasteiger partial charge in [0.25, 0.3) is 11.1 Å². The Balaban J connectivity index is 1.46. The second-order valence-electron chi connectivity index (χ2n) is 8.48. The van der Waals surface area contributed by atoms with Crippen molar-refractivity contribution in [1.29, 1.82) is 5.26 Å². The minimum absolute atomic E-state index is 0.179. The molecule has 1 aliphatic heterocycles. The first-order chi connectivity index (χ1) is 18.8. The van der Waals surface area contributed by atoms with Crippen LogP contribution in [0.15, 0.2) is 65.6 Å². The van der Waals surface area contributed by atoms with E-state index in [2.05, 4.69) is 11.4 Å². The van der Waals surface area contributed by atoms with Gasteiger partial charge in [0.15, 0.2) is 11.5 Å². The van der Waals surface area contributed by atoms with Gasteiger partial charge in [0.2, 0.25) is 5.91 Å². The van der Waals surface area contributed by atoms with Crippen LogP contribution >= 0.6 is 23.4 Å². The van der Waals surface area contributed by atoms with Gasteiger partial charge in [-0.05, 0) is 73.1 Å². The molecule has 0 saturated carbocycles. The smallest absolute Gasteiger partial charge is 0.294 e. The molecule has 198 valence electrons. The molecule has 1 N–H and O–H groups in total. The van der Waals surface area contributed by atoms with Crippen LogP contribution in [-0.2, 0) is 16.2 Å². The van der Waals surface area contributed by atoms with E-state index in [9.17, 15) is 19.6 Å². The summed E-state index contributed by atoms with van der Waals surface area (Å²) in [6, 6.07) is 19.5. The Morgan fingerprint density at radius 3 is 2.64 bits per heavy atom. The highest BCUT2D eigenvalue weighted by Gasteiger charge is 2.36. The largest absolute Gasteiger partial charge is 0.490 e. The Bertz CT molecular complexity index is 1510.